The number of nitro benzene ring substituents is 1. The van der Waals surface area contributed by atoms with Gasteiger partial charge in [0.1, 0.15) is 0 Å². The van der Waals surface area contributed by atoms with Gasteiger partial charge in [0.05, 0.1) is 27.8 Å². The molecule has 0 radical (unpaired) electrons. The molecule has 0 aliphatic heterocycles. The first-order chi connectivity index (χ1) is 13.0. The standard InChI is InChI=1S/C18H13N3O5S/c1-26-17(23)12-6-7-14-15(10-12)27-18(19-14)20-16(22)8-5-11-3-2-4-13(9-11)21(24)25/h2-10H,1H3,(H,19,20,22)/b8-5+. The van der Waals surface area contributed by atoms with Gasteiger partial charge in [-0.15, -0.1) is 0 Å². The molecule has 1 N–H and O–H groups in total. The van der Waals surface area contributed by atoms with Gasteiger partial charge in [0.2, 0.25) is 5.91 Å². The third kappa shape index (κ3) is 4.33. The van der Waals surface area contributed by atoms with Crippen LogP contribution in [0, 0.1) is 10.1 Å². The molecule has 0 fully saturated rings. The number of methoxy groups -OCH3 is 1. The molecule has 1 aromatic heterocycles. The number of benzene rings is 2. The molecule has 1 amide bonds. The molecule has 0 unspecified atom stereocenters. The van der Waals surface area contributed by atoms with Crippen LogP contribution in [0.25, 0.3) is 16.3 Å². The van der Waals surface area contributed by atoms with E-state index in [0.717, 1.165) is 4.70 Å². The highest BCUT2D eigenvalue weighted by atomic mass is 32.1. The van der Waals surface area contributed by atoms with Crippen LogP contribution in [-0.2, 0) is 9.53 Å². The van der Waals surface area contributed by atoms with Gasteiger partial charge in [0.15, 0.2) is 5.13 Å². The van der Waals surface area contributed by atoms with Crippen molar-refractivity contribution in [2.24, 2.45) is 0 Å². The second kappa shape index (κ2) is 7.75. The number of carbonyl (C=O) groups is 2. The summed E-state index contributed by atoms with van der Waals surface area (Å²) in [5, 5.41) is 13.8. The minimum Gasteiger partial charge on any atom is -0.465 e. The SMILES string of the molecule is COC(=O)c1ccc2nc(NC(=O)/C=C/c3cccc([N+](=O)[O-])c3)sc2c1. The first-order valence-corrected chi connectivity index (χ1v) is 8.50. The van der Waals surface area contributed by atoms with E-state index < -0.39 is 16.8 Å². The Balaban J connectivity index is 1.73. The Hall–Kier alpha value is -3.59. The smallest absolute Gasteiger partial charge is 0.337 e. The van der Waals surface area contributed by atoms with Crippen LogP contribution in [0.3, 0.4) is 0 Å². The lowest BCUT2D eigenvalue weighted by Gasteiger charge is -1.97. The Kier molecular flexibility index (Phi) is 5.23. The highest BCUT2D eigenvalue weighted by molar-refractivity contribution is 7.22. The Bertz CT molecular complexity index is 1070. The van der Waals surface area contributed by atoms with Gasteiger partial charge in [-0.05, 0) is 29.8 Å². The van der Waals surface area contributed by atoms with Gasteiger partial charge in [-0.3, -0.25) is 20.2 Å². The zero-order chi connectivity index (χ0) is 19.4. The highest BCUT2D eigenvalue weighted by Gasteiger charge is 2.10. The fraction of sp³-hybridized carbons (Fsp3) is 0.0556. The minimum absolute atomic E-state index is 0.0508. The van der Waals surface area contributed by atoms with Gasteiger partial charge >= 0.3 is 5.97 Å². The first-order valence-electron chi connectivity index (χ1n) is 7.68. The largest absolute Gasteiger partial charge is 0.465 e. The molecule has 2 aromatic carbocycles. The molecule has 1 heterocycles. The average Bonchev–Trinajstić information content (AvgIpc) is 3.07. The van der Waals surface area contributed by atoms with Crippen molar-refractivity contribution in [2.45, 2.75) is 0 Å². The van der Waals surface area contributed by atoms with Crippen molar-refractivity contribution in [1.82, 2.24) is 4.98 Å². The van der Waals surface area contributed by atoms with Crippen molar-refractivity contribution in [3.63, 3.8) is 0 Å². The Morgan fingerprint density at radius 3 is 2.81 bits per heavy atom. The lowest BCUT2D eigenvalue weighted by Crippen LogP contribution is -2.07. The topological polar surface area (TPSA) is 111 Å². The monoisotopic (exact) mass is 383 g/mol. The van der Waals surface area contributed by atoms with E-state index in [4.69, 9.17) is 0 Å². The van der Waals surface area contributed by atoms with Crippen LogP contribution in [0.2, 0.25) is 0 Å². The molecule has 3 aromatic rings. The summed E-state index contributed by atoms with van der Waals surface area (Å²) in [5.41, 5.74) is 1.53. The third-order valence-corrected chi connectivity index (χ3v) is 4.48. The minimum atomic E-state index is -0.499. The summed E-state index contributed by atoms with van der Waals surface area (Å²) in [6.45, 7) is 0. The van der Waals surface area contributed by atoms with Crippen LogP contribution < -0.4 is 5.32 Å². The van der Waals surface area contributed by atoms with Crippen molar-refractivity contribution < 1.29 is 19.2 Å². The van der Waals surface area contributed by atoms with Crippen molar-refractivity contribution in [2.75, 3.05) is 12.4 Å². The molecule has 9 heteroatoms. The number of nitro groups is 1. The van der Waals surface area contributed by atoms with Crippen molar-refractivity contribution in [3.8, 4) is 0 Å². The normalized spacial score (nSPS) is 10.9. The maximum absolute atomic E-state index is 12.1. The van der Waals surface area contributed by atoms with Crippen LogP contribution in [0.1, 0.15) is 15.9 Å². The van der Waals surface area contributed by atoms with E-state index in [1.54, 1.807) is 30.3 Å². The number of anilines is 1. The number of nitrogens with one attached hydrogen (secondary N) is 1. The number of esters is 1. The number of fused-ring (bicyclic) bond motifs is 1. The van der Waals surface area contributed by atoms with Crippen molar-refractivity contribution in [1.29, 1.82) is 0 Å². The number of nitrogens with zero attached hydrogens (tertiary/aromatic N) is 2. The molecular weight excluding hydrogens is 370 g/mol. The van der Waals surface area contributed by atoms with Gasteiger partial charge < -0.3 is 4.74 Å². The summed E-state index contributed by atoms with van der Waals surface area (Å²) < 4.78 is 5.41. The van der Waals surface area contributed by atoms with Crippen LogP contribution in [0.15, 0.2) is 48.5 Å². The van der Waals surface area contributed by atoms with Gasteiger partial charge in [-0.25, -0.2) is 9.78 Å². The summed E-state index contributed by atoms with van der Waals surface area (Å²) >= 11 is 1.22. The molecule has 27 heavy (non-hydrogen) atoms. The van der Waals surface area contributed by atoms with Gasteiger partial charge in [0, 0.05) is 18.2 Å². The number of amides is 1. The first kappa shape index (κ1) is 18.2. The number of aromatic nitrogens is 1. The number of non-ortho nitro benzene ring substituents is 1. The summed E-state index contributed by atoms with van der Waals surface area (Å²) in [7, 11) is 1.30. The van der Waals surface area contributed by atoms with Crippen LogP contribution in [0.4, 0.5) is 10.8 Å². The molecule has 3 rings (SSSR count). The lowest BCUT2D eigenvalue weighted by atomic mass is 10.2. The maximum Gasteiger partial charge on any atom is 0.337 e. The second-order valence-corrected chi connectivity index (χ2v) is 6.40. The number of hydrogen-bond donors (Lipinski definition) is 1. The molecule has 0 spiro atoms. The highest BCUT2D eigenvalue weighted by Crippen LogP contribution is 2.27. The van der Waals surface area contributed by atoms with Crippen LogP contribution in [-0.4, -0.2) is 28.9 Å². The van der Waals surface area contributed by atoms with E-state index in [1.807, 2.05) is 0 Å². The predicted octanol–water partition coefficient (Wildman–Crippen LogP) is 3.64. The van der Waals surface area contributed by atoms with Crippen molar-refractivity contribution >= 4 is 50.3 Å². The summed E-state index contributed by atoms with van der Waals surface area (Å²) in [6.07, 6.45) is 2.75. The van der Waals surface area contributed by atoms with E-state index in [9.17, 15) is 19.7 Å². The zero-order valence-corrected chi connectivity index (χ0v) is 14.9. The molecular formula is C18H13N3O5S. The molecule has 0 aliphatic carbocycles. The predicted molar refractivity (Wildman–Crippen MR) is 102 cm³/mol. The maximum atomic E-state index is 12.1. The van der Waals surface area contributed by atoms with E-state index in [2.05, 4.69) is 15.0 Å². The summed E-state index contributed by atoms with van der Waals surface area (Å²) in [5.74, 6) is -0.871. The van der Waals surface area contributed by atoms with Gasteiger partial charge in [-0.1, -0.05) is 23.5 Å². The number of hydrogen-bond acceptors (Lipinski definition) is 7. The summed E-state index contributed by atoms with van der Waals surface area (Å²) in [4.78, 5) is 38.2. The quantitative estimate of drug-likeness (QED) is 0.312. The van der Waals surface area contributed by atoms with Gasteiger partial charge in [0.25, 0.3) is 5.69 Å². The average molecular weight is 383 g/mol. The fourth-order valence-electron chi connectivity index (χ4n) is 2.28. The molecule has 0 atom stereocenters. The molecule has 0 bridgehead atoms. The number of rotatable bonds is 5. The van der Waals surface area contributed by atoms with E-state index in [1.165, 1.54) is 42.7 Å². The Labute approximate surface area is 157 Å². The van der Waals surface area contributed by atoms with E-state index >= 15 is 0 Å². The fourth-order valence-corrected chi connectivity index (χ4v) is 3.19. The molecule has 0 saturated carbocycles. The van der Waals surface area contributed by atoms with Crippen LogP contribution in [0.5, 0.6) is 0 Å². The molecule has 0 saturated heterocycles. The Morgan fingerprint density at radius 2 is 2.07 bits per heavy atom. The number of ether oxygens (including phenoxy) is 1. The number of thiazole rings is 1. The van der Waals surface area contributed by atoms with Crippen molar-refractivity contribution in [3.05, 3.63) is 69.8 Å². The van der Waals surface area contributed by atoms with E-state index in [-0.39, 0.29) is 5.69 Å². The summed E-state index contributed by atoms with van der Waals surface area (Å²) in [6, 6.07) is 10.9. The lowest BCUT2D eigenvalue weighted by molar-refractivity contribution is -0.384. The second-order valence-electron chi connectivity index (χ2n) is 5.37. The van der Waals surface area contributed by atoms with E-state index in [0.29, 0.717) is 21.8 Å². The third-order valence-electron chi connectivity index (χ3n) is 3.55. The molecule has 136 valence electrons. The van der Waals surface area contributed by atoms with Gasteiger partial charge in [-0.2, -0.15) is 0 Å². The zero-order valence-electron chi connectivity index (χ0n) is 14.0. The molecule has 0 aliphatic rings. The number of carbonyl (C=O) groups excluding carboxylic acids is 2. The Morgan fingerprint density at radius 1 is 1.26 bits per heavy atom. The molecule has 8 nitrogen and oxygen atoms in total. The van der Waals surface area contributed by atoms with Crippen LogP contribution >= 0.6 is 11.3 Å².